The number of nitrogens with one attached hydrogen (secondary N) is 1. The van der Waals surface area contributed by atoms with E-state index >= 15 is 0 Å². The molecule has 5 nitrogen and oxygen atoms in total. The van der Waals surface area contributed by atoms with Crippen LogP contribution in [0.3, 0.4) is 0 Å². The molecule has 0 saturated carbocycles. The van der Waals surface area contributed by atoms with Crippen molar-refractivity contribution in [2.75, 3.05) is 11.9 Å². The smallest absolute Gasteiger partial charge is 0.248 e. The Balaban J connectivity index is 0.000000352. The summed E-state index contributed by atoms with van der Waals surface area (Å²) in [6.45, 7) is 6.23. The number of ketones is 2. The first kappa shape index (κ1) is 31.2. The maximum absolute atomic E-state index is 12.8. The summed E-state index contributed by atoms with van der Waals surface area (Å²) >= 11 is 3.33. The van der Waals surface area contributed by atoms with Crippen LogP contribution in [0, 0.1) is 6.92 Å². The molecule has 0 unspecified atom stereocenters. The van der Waals surface area contributed by atoms with Gasteiger partial charge in [-0.05, 0) is 79.4 Å². The summed E-state index contributed by atoms with van der Waals surface area (Å²) in [6, 6.07) is 29.8. The minimum absolute atomic E-state index is 0.0647. The Labute approximate surface area is 250 Å². The molecule has 0 aliphatic rings. The van der Waals surface area contributed by atoms with Crippen molar-refractivity contribution in [2.45, 2.75) is 33.6 Å². The molecule has 0 aliphatic carbocycles. The maximum atomic E-state index is 12.8. The number of carbonyl (C=O) groups excluding carboxylic acids is 3. The Morgan fingerprint density at radius 3 is 2.20 bits per heavy atom. The van der Waals surface area contributed by atoms with E-state index in [1.807, 2.05) is 79.7 Å². The molecular weight excluding hydrogens is 578 g/mol. The molecule has 4 aromatic rings. The monoisotopic (exact) mass is 611 g/mol. The molecule has 1 amide bonds. The number of Topliss-reactive ketones (excluding diaryl/α,β-unsaturated/α-hetero) is 1. The molecule has 0 atom stereocenters. The highest BCUT2D eigenvalue weighted by molar-refractivity contribution is 9.10. The molecule has 41 heavy (non-hydrogen) atoms. The molecule has 0 bridgehead atoms. The van der Waals surface area contributed by atoms with Gasteiger partial charge >= 0.3 is 0 Å². The summed E-state index contributed by atoms with van der Waals surface area (Å²) in [5.41, 5.74) is 4.61. The highest BCUT2D eigenvalue weighted by Gasteiger charge is 2.12. The largest absolute Gasteiger partial charge is 0.494 e. The van der Waals surface area contributed by atoms with Gasteiger partial charge in [0.1, 0.15) is 11.5 Å². The van der Waals surface area contributed by atoms with Gasteiger partial charge in [0.15, 0.2) is 5.78 Å². The van der Waals surface area contributed by atoms with Crippen LogP contribution in [0.25, 0.3) is 6.08 Å². The Morgan fingerprint density at radius 1 is 0.878 bits per heavy atom. The van der Waals surface area contributed by atoms with Crippen LogP contribution in [0.5, 0.6) is 5.75 Å². The molecule has 4 aromatic carbocycles. The molecule has 0 saturated heterocycles. The van der Waals surface area contributed by atoms with Gasteiger partial charge in [0.05, 0.1) is 6.61 Å². The first-order valence-electron chi connectivity index (χ1n) is 13.4. The van der Waals surface area contributed by atoms with E-state index in [1.54, 1.807) is 37.3 Å². The standard InChI is InChI=1S/C26H25NO3.C9H9BrO/c1-3-17-30-23-14-10-20(11-15-23)12-16-25(28)27-22-13-9-19(2)24(18-22)26(29)21-7-5-4-6-8-21;1-7(11)6-8-2-4-9(10)5-3-8/h4-16,18H,3,17H2,1-2H3,(H,27,28);2-5H,6H2,1H3/b16-12+;. The van der Waals surface area contributed by atoms with Crippen LogP contribution >= 0.6 is 15.9 Å². The van der Waals surface area contributed by atoms with Crippen molar-refractivity contribution in [3.63, 3.8) is 0 Å². The number of halogens is 1. The van der Waals surface area contributed by atoms with Gasteiger partial charge in [-0.15, -0.1) is 0 Å². The summed E-state index contributed by atoms with van der Waals surface area (Å²) in [6.07, 6.45) is 4.70. The van der Waals surface area contributed by atoms with Crippen LogP contribution in [0.4, 0.5) is 5.69 Å². The van der Waals surface area contributed by atoms with Crippen molar-refractivity contribution in [2.24, 2.45) is 0 Å². The van der Waals surface area contributed by atoms with Gasteiger partial charge in [-0.25, -0.2) is 0 Å². The third-order valence-electron chi connectivity index (χ3n) is 5.93. The molecule has 0 spiro atoms. The lowest BCUT2D eigenvalue weighted by molar-refractivity contribution is -0.116. The number of benzene rings is 4. The van der Waals surface area contributed by atoms with Gasteiger partial charge in [0, 0.05) is 33.8 Å². The van der Waals surface area contributed by atoms with E-state index in [-0.39, 0.29) is 17.5 Å². The van der Waals surface area contributed by atoms with Gasteiger partial charge in [-0.2, -0.15) is 0 Å². The highest BCUT2D eigenvalue weighted by atomic mass is 79.9. The number of carbonyl (C=O) groups is 3. The molecular formula is C35H34BrNO4. The zero-order valence-electron chi connectivity index (χ0n) is 23.5. The lowest BCUT2D eigenvalue weighted by Gasteiger charge is -2.09. The molecule has 0 fully saturated rings. The number of amides is 1. The van der Waals surface area contributed by atoms with Crippen LogP contribution in [-0.4, -0.2) is 24.1 Å². The lowest BCUT2D eigenvalue weighted by atomic mass is 9.98. The van der Waals surface area contributed by atoms with Crippen LogP contribution < -0.4 is 10.1 Å². The van der Waals surface area contributed by atoms with E-state index in [0.717, 1.165) is 33.3 Å². The third kappa shape index (κ3) is 10.7. The third-order valence-corrected chi connectivity index (χ3v) is 6.46. The Hall–Kier alpha value is -4.29. The van der Waals surface area contributed by atoms with Crippen LogP contribution in [0.15, 0.2) is 108 Å². The number of rotatable bonds is 10. The van der Waals surface area contributed by atoms with E-state index < -0.39 is 0 Å². The van der Waals surface area contributed by atoms with E-state index in [1.165, 1.54) is 6.08 Å². The average molecular weight is 613 g/mol. The molecule has 0 aliphatic heterocycles. The molecule has 210 valence electrons. The number of aryl methyl sites for hydroxylation is 1. The quantitative estimate of drug-likeness (QED) is 0.145. The van der Waals surface area contributed by atoms with Crippen LogP contribution in [-0.2, 0) is 16.0 Å². The van der Waals surface area contributed by atoms with Crippen molar-refractivity contribution in [3.05, 3.63) is 135 Å². The number of ether oxygens (including phenoxy) is 1. The van der Waals surface area contributed by atoms with Crippen molar-refractivity contribution >= 4 is 45.2 Å². The van der Waals surface area contributed by atoms with Crippen molar-refractivity contribution in [3.8, 4) is 5.75 Å². The number of hydrogen-bond acceptors (Lipinski definition) is 4. The molecule has 0 aromatic heterocycles. The van der Waals surface area contributed by atoms with Crippen molar-refractivity contribution in [1.29, 1.82) is 0 Å². The number of hydrogen-bond donors (Lipinski definition) is 1. The van der Waals surface area contributed by atoms with E-state index in [2.05, 4.69) is 28.2 Å². The zero-order chi connectivity index (χ0) is 29.6. The Morgan fingerprint density at radius 2 is 1.56 bits per heavy atom. The van der Waals surface area contributed by atoms with Gasteiger partial charge in [-0.1, -0.05) is 83.5 Å². The van der Waals surface area contributed by atoms with E-state index in [4.69, 9.17) is 4.74 Å². The minimum Gasteiger partial charge on any atom is -0.494 e. The normalized spacial score (nSPS) is 10.4. The summed E-state index contributed by atoms with van der Waals surface area (Å²) in [5, 5.41) is 2.82. The van der Waals surface area contributed by atoms with Gasteiger partial charge in [0.2, 0.25) is 5.91 Å². The number of anilines is 1. The fourth-order valence-corrected chi connectivity index (χ4v) is 4.09. The van der Waals surface area contributed by atoms with Gasteiger partial charge in [-0.3, -0.25) is 14.4 Å². The first-order valence-corrected chi connectivity index (χ1v) is 14.2. The first-order chi connectivity index (χ1) is 19.7. The second-order valence-electron chi connectivity index (χ2n) is 9.47. The maximum Gasteiger partial charge on any atom is 0.248 e. The zero-order valence-corrected chi connectivity index (χ0v) is 25.1. The molecule has 0 heterocycles. The van der Waals surface area contributed by atoms with E-state index in [9.17, 15) is 14.4 Å². The second-order valence-corrected chi connectivity index (χ2v) is 10.4. The summed E-state index contributed by atoms with van der Waals surface area (Å²) in [4.78, 5) is 35.8. The van der Waals surface area contributed by atoms with Crippen LogP contribution in [0.1, 0.15) is 52.9 Å². The minimum atomic E-state index is -0.261. The highest BCUT2D eigenvalue weighted by Crippen LogP contribution is 2.20. The SMILES string of the molecule is CC(=O)Cc1ccc(Br)cc1.CCCOc1ccc(/C=C/C(=O)Nc2ccc(C)c(C(=O)c3ccccc3)c2)cc1. The van der Waals surface area contributed by atoms with Crippen molar-refractivity contribution < 1.29 is 19.1 Å². The molecule has 6 heteroatoms. The summed E-state index contributed by atoms with van der Waals surface area (Å²) in [7, 11) is 0. The van der Waals surface area contributed by atoms with E-state index in [0.29, 0.717) is 29.8 Å². The molecule has 0 radical (unpaired) electrons. The fraction of sp³-hybridized carbons (Fsp3) is 0.171. The average Bonchev–Trinajstić information content (AvgIpc) is 2.98. The topological polar surface area (TPSA) is 72.5 Å². The predicted octanol–water partition coefficient (Wildman–Crippen LogP) is 8.25. The summed E-state index contributed by atoms with van der Waals surface area (Å²) < 4.78 is 6.60. The van der Waals surface area contributed by atoms with Crippen LogP contribution in [0.2, 0.25) is 0 Å². The molecule has 4 rings (SSSR count). The second kappa shape index (κ2) is 16.1. The predicted molar refractivity (Wildman–Crippen MR) is 169 cm³/mol. The molecule has 1 N–H and O–H groups in total. The lowest BCUT2D eigenvalue weighted by Crippen LogP contribution is -2.10. The van der Waals surface area contributed by atoms with Gasteiger partial charge in [0.25, 0.3) is 0 Å². The van der Waals surface area contributed by atoms with Gasteiger partial charge < -0.3 is 10.1 Å². The van der Waals surface area contributed by atoms with Crippen molar-refractivity contribution in [1.82, 2.24) is 0 Å². The Bertz CT molecular complexity index is 1480. The Kier molecular flexibility index (Phi) is 12.3. The summed E-state index contributed by atoms with van der Waals surface area (Å²) in [5.74, 6) is 0.689. The fourth-order valence-electron chi connectivity index (χ4n) is 3.83.